The van der Waals surface area contributed by atoms with Crippen molar-refractivity contribution in [3.63, 3.8) is 0 Å². The van der Waals surface area contributed by atoms with Crippen LogP contribution in [0.4, 0.5) is 11.4 Å². The number of anilines is 2. The molecule has 1 aromatic carbocycles. The van der Waals surface area contributed by atoms with Crippen molar-refractivity contribution in [2.24, 2.45) is 0 Å². The quantitative estimate of drug-likeness (QED) is 0.741. The molecule has 0 atom stereocenters. The van der Waals surface area contributed by atoms with Crippen LogP contribution in [0.1, 0.15) is 32.1 Å². The second kappa shape index (κ2) is 3.91. The number of carbonyl (C=O) groups is 1. The van der Waals surface area contributed by atoms with Crippen molar-refractivity contribution in [3.05, 3.63) is 23.2 Å². The number of halogens is 1. The van der Waals surface area contributed by atoms with Crippen molar-refractivity contribution >= 4 is 28.9 Å². The Balaban J connectivity index is 2.01. The van der Waals surface area contributed by atoms with Gasteiger partial charge in [0, 0.05) is 0 Å². The van der Waals surface area contributed by atoms with Crippen LogP contribution < -0.4 is 10.6 Å². The molecule has 1 aromatic rings. The van der Waals surface area contributed by atoms with E-state index in [0.29, 0.717) is 5.02 Å². The van der Waals surface area contributed by atoms with Crippen LogP contribution >= 0.6 is 11.6 Å². The smallest absolute Gasteiger partial charge is 0.250 e. The van der Waals surface area contributed by atoms with Crippen LogP contribution in [0, 0.1) is 0 Å². The zero-order chi connectivity index (χ0) is 11.9. The van der Waals surface area contributed by atoms with Crippen LogP contribution in [0.2, 0.25) is 5.02 Å². The Hall–Kier alpha value is -1.22. The molecule has 3 nitrogen and oxygen atoms in total. The number of hydrogen-bond donors (Lipinski definition) is 2. The highest BCUT2D eigenvalue weighted by Crippen LogP contribution is 2.41. The summed E-state index contributed by atoms with van der Waals surface area (Å²) in [6.07, 6.45) is 5.19. The minimum absolute atomic E-state index is 0.0898. The predicted molar refractivity (Wildman–Crippen MR) is 69.5 cm³/mol. The van der Waals surface area contributed by atoms with Gasteiger partial charge in [-0.15, -0.1) is 0 Å². The Bertz CT molecular complexity index is 466. The molecule has 0 saturated heterocycles. The largest absolute Gasteiger partial charge is 0.368 e. The van der Waals surface area contributed by atoms with E-state index in [1.54, 1.807) is 0 Å². The number of carbonyl (C=O) groups excluding carboxylic acids is 1. The van der Waals surface area contributed by atoms with E-state index in [0.717, 1.165) is 37.1 Å². The Morgan fingerprint density at radius 2 is 1.94 bits per heavy atom. The molecule has 1 aliphatic carbocycles. The molecule has 3 rings (SSSR count). The first kappa shape index (κ1) is 10.9. The van der Waals surface area contributed by atoms with Gasteiger partial charge < -0.3 is 10.6 Å². The van der Waals surface area contributed by atoms with Crippen molar-refractivity contribution in [2.45, 2.75) is 37.6 Å². The maximum absolute atomic E-state index is 12.2. The Labute approximate surface area is 106 Å². The van der Waals surface area contributed by atoms with E-state index in [4.69, 9.17) is 11.6 Å². The van der Waals surface area contributed by atoms with Crippen molar-refractivity contribution in [1.29, 1.82) is 0 Å². The average Bonchev–Trinajstić information content (AvgIpc) is 2.34. The van der Waals surface area contributed by atoms with E-state index in [9.17, 15) is 4.79 Å². The zero-order valence-electron chi connectivity index (χ0n) is 9.55. The van der Waals surface area contributed by atoms with Crippen LogP contribution in [0.5, 0.6) is 0 Å². The number of benzene rings is 1. The molecule has 2 aliphatic rings. The Morgan fingerprint density at radius 3 is 2.71 bits per heavy atom. The third-order valence-electron chi connectivity index (χ3n) is 3.77. The van der Waals surface area contributed by atoms with Gasteiger partial charge in [-0.3, -0.25) is 4.79 Å². The summed E-state index contributed by atoms with van der Waals surface area (Å²) in [6, 6.07) is 5.57. The molecule has 0 unspecified atom stereocenters. The van der Waals surface area contributed by atoms with Gasteiger partial charge in [0.05, 0.1) is 16.4 Å². The molecule has 1 amide bonds. The molecule has 2 N–H and O–H groups in total. The van der Waals surface area contributed by atoms with E-state index < -0.39 is 5.54 Å². The molecular weight excluding hydrogens is 236 g/mol. The fraction of sp³-hybridized carbons (Fsp3) is 0.462. The summed E-state index contributed by atoms with van der Waals surface area (Å²) in [5.74, 6) is 0.0898. The lowest BCUT2D eigenvalue weighted by Crippen LogP contribution is -2.53. The fourth-order valence-electron chi connectivity index (χ4n) is 2.80. The fourth-order valence-corrected chi connectivity index (χ4v) is 3.02. The highest BCUT2D eigenvalue weighted by Gasteiger charge is 2.43. The SMILES string of the molecule is O=C1Nc2cccc(Cl)c2NC12CCCCC2. The Kier molecular flexibility index (Phi) is 2.51. The Morgan fingerprint density at radius 1 is 1.18 bits per heavy atom. The third-order valence-corrected chi connectivity index (χ3v) is 4.08. The first-order chi connectivity index (χ1) is 8.21. The second-order valence-electron chi connectivity index (χ2n) is 4.88. The first-order valence-corrected chi connectivity index (χ1v) is 6.47. The third kappa shape index (κ3) is 1.69. The predicted octanol–water partition coefficient (Wildman–Crippen LogP) is 3.41. The first-order valence-electron chi connectivity index (χ1n) is 6.09. The van der Waals surface area contributed by atoms with Crippen LogP contribution in [0.15, 0.2) is 18.2 Å². The van der Waals surface area contributed by atoms with Gasteiger partial charge in [0.15, 0.2) is 0 Å². The molecule has 1 aliphatic heterocycles. The molecule has 17 heavy (non-hydrogen) atoms. The second-order valence-corrected chi connectivity index (χ2v) is 5.29. The summed E-state index contributed by atoms with van der Waals surface area (Å²) in [4.78, 5) is 12.2. The minimum Gasteiger partial charge on any atom is -0.368 e. The van der Waals surface area contributed by atoms with Gasteiger partial charge in [-0.1, -0.05) is 36.9 Å². The van der Waals surface area contributed by atoms with Crippen molar-refractivity contribution in [2.75, 3.05) is 10.6 Å². The number of para-hydroxylation sites is 1. The summed E-state index contributed by atoms with van der Waals surface area (Å²) in [6.45, 7) is 0. The van der Waals surface area contributed by atoms with Gasteiger partial charge in [0.1, 0.15) is 5.54 Å². The highest BCUT2D eigenvalue weighted by molar-refractivity contribution is 6.34. The highest BCUT2D eigenvalue weighted by atomic mass is 35.5. The van der Waals surface area contributed by atoms with Gasteiger partial charge in [-0.25, -0.2) is 0 Å². The molecule has 0 aromatic heterocycles. The van der Waals surface area contributed by atoms with Crippen LogP contribution in [-0.4, -0.2) is 11.4 Å². The standard InChI is InChI=1S/C13H15ClN2O/c14-9-5-4-6-10-11(9)16-13(12(17)15-10)7-2-1-3-8-13/h4-6,16H,1-3,7-8H2,(H,15,17). The number of hydrogen-bond acceptors (Lipinski definition) is 2. The maximum atomic E-state index is 12.2. The lowest BCUT2D eigenvalue weighted by Gasteiger charge is -2.41. The van der Waals surface area contributed by atoms with Gasteiger partial charge in [-0.05, 0) is 25.0 Å². The summed E-state index contributed by atoms with van der Waals surface area (Å²) >= 11 is 6.18. The lowest BCUT2D eigenvalue weighted by molar-refractivity contribution is -0.121. The average molecular weight is 251 g/mol. The zero-order valence-corrected chi connectivity index (χ0v) is 10.3. The van der Waals surface area contributed by atoms with E-state index in [1.807, 2.05) is 18.2 Å². The van der Waals surface area contributed by atoms with Gasteiger partial charge in [-0.2, -0.15) is 0 Å². The number of nitrogens with one attached hydrogen (secondary N) is 2. The molecular formula is C13H15ClN2O. The number of rotatable bonds is 0. The molecule has 0 radical (unpaired) electrons. The lowest BCUT2D eigenvalue weighted by atomic mass is 9.79. The van der Waals surface area contributed by atoms with E-state index in [-0.39, 0.29) is 5.91 Å². The van der Waals surface area contributed by atoms with Crippen molar-refractivity contribution < 1.29 is 4.79 Å². The van der Waals surface area contributed by atoms with Crippen molar-refractivity contribution in [3.8, 4) is 0 Å². The van der Waals surface area contributed by atoms with Gasteiger partial charge in [0.2, 0.25) is 5.91 Å². The topological polar surface area (TPSA) is 41.1 Å². The molecule has 1 fully saturated rings. The van der Waals surface area contributed by atoms with E-state index in [1.165, 1.54) is 6.42 Å². The summed E-state index contributed by atoms with van der Waals surface area (Å²) in [7, 11) is 0. The molecule has 1 heterocycles. The molecule has 4 heteroatoms. The summed E-state index contributed by atoms with van der Waals surface area (Å²) in [5, 5.41) is 7.04. The van der Waals surface area contributed by atoms with Crippen LogP contribution in [-0.2, 0) is 4.79 Å². The van der Waals surface area contributed by atoms with E-state index in [2.05, 4.69) is 10.6 Å². The monoisotopic (exact) mass is 250 g/mol. The minimum atomic E-state index is -0.434. The normalized spacial score (nSPS) is 21.6. The number of amides is 1. The molecule has 1 spiro atoms. The van der Waals surface area contributed by atoms with Crippen LogP contribution in [0.3, 0.4) is 0 Å². The van der Waals surface area contributed by atoms with Crippen molar-refractivity contribution in [1.82, 2.24) is 0 Å². The maximum Gasteiger partial charge on any atom is 0.250 e. The summed E-state index contributed by atoms with van der Waals surface area (Å²) < 4.78 is 0. The van der Waals surface area contributed by atoms with Gasteiger partial charge >= 0.3 is 0 Å². The number of fused-ring (bicyclic) bond motifs is 1. The molecule has 0 bridgehead atoms. The van der Waals surface area contributed by atoms with Crippen LogP contribution in [0.25, 0.3) is 0 Å². The van der Waals surface area contributed by atoms with E-state index >= 15 is 0 Å². The molecule has 1 saturated carbocycles. The van der Waals surface area contributed by atoms with Gasteiger partial charge in [0.25, 0.3) is 0 Å². The molecule has 90 valence electrons. The summed E-state index contributed by atoms with van der Waals surface area (Å²) in [5.41, 5.74) is 1.23.